The third-order valence-electron chi connectivity index (χ3n) is 6.15. The lowest BCUT2D eigenvalue weighted by atomic mass is 9.88. The maximum Gasteiger partial charge on any atom is 0.344 e. The monoisotopic (exact) mass is 461 g/mol. The lowest BCUT2D eigenvalue weighted by molar-refractivity contribution is -0.159. The van der Waals surface area contributed by atoms with Gasteiger partial charge in [0.05, 0.1) is 29.4 Å². The predicted octanol–water partition coefficient (Wildman–Crippen LogP) is 4.14. The number of halogens is 3. The molecule has 2 aliphatic carbocycles. The number of esters is 1. The number of aliphatic carboxylic acids is 1. The molecule has 2 fully saturated rings. The van der Waals surface area contributed by atoms with E-state index in [1.54, 1.807) is 18.2 Å². The van der Waals surface area contributed by atoms with Crippen molar-refractivity contribution in [3.05, 3.63) is 33.8 Å². The summed E-state index contributed by atoms with van der Waals surface area (Å²) >= 11 is 11.9. The molecule has 0 bridgehead atoms. The van der Waals surface area contributed by atoms with E-state index in [-0.39, 0.29) is 19.6 Å². The maximum absolute atomic E-state index is 15.4. The van der Waals surface area contributed by atoms with Crippen LogP contribution in [0.5, 0.6) is 0 Å². The zero-order valence-corrected chi connectivity index (χ0v) is 18.2. The van der Waals surface area contributed by atoms with Gasteiger partial charge in [-0.25, -0.2) is 9.18 Å². The van der Waals surface area contributed by atoms with Gasteiger partial charge in [-0.15, -0.1) is 0 Å². The first kappa shape index (κ1) is 23.3. The van der Waals surface area contributed by atoms with E-state index in [0.29, 0.717) is 22.0 Å². The Morgan fingerprint density at radius 1 is 1.27 bits per heavy atom. The number of benzene rings is 1. The maximum atomic E-state index is 15.4. The highest BCUT2D eigenvalue weighted by Crippen LogP contribution is 2.67. The van der Waals surface area contributed by atoms with Crippen LogP contribution in [0.25, 0.3) is 0 Å². The fraction of sp³-hybridized carbons (Fsp3) is 0.619. The highest BCUT2D eigenvalue weighted by atomic mass is 35.5. The third kappa shape index (κ3) is 4.05. The number of carbonyl (C=O) groups excluding carboxylic acids is 1. The Balaban J connectivity index is 1.63. The molecule has 5 atom stereocenters. The van der Waals surface area contributed by atoms with Gasteiger partial charge in [-0.3, -0.25) is 4.79 Å². The molecule has 2 aliphatic rings. The number of carboxylic acid groups (broad SMARTS) is 1. The summed E-state index contributed by atoms with van der Waals surface area (Å²) in [7, 11) is 0. The minimum Gasteiger partial charge on any atom is -0.480 e. The molecule has 0 spiro atoms. The smallest absolute Gasteiger partial charge is 0.344 e. The largest absolute Gasteiger partial charge is 0.480 e. The van der Waals surface area contributed by atoms with Crippen LogP contribution in [-0.2, 0) is 25.7 Å². The zero-order chi connectivity index (χ0) is 22.1. The molecular formula is C21H26Cl2FNO5. The number of carboxylic acids is 1. The van der Waals surface area contributed by atoms with Gasteiger partial charge < -0.3 is 20.3 Å². The number of carbonyl (C=O) groups is 2. The van der Waals surface area contributed by atoms with E-state index in [0.717, 1.165) is 19.3 Å². The Morgan fingerprint density at radius 2 is 2.00 bits per heavy atom. The van der Waals surface area contributed by atoms with Crippen LogP contribution in [0.2, 0.25) is 10.0 Å². The summed E-state index contributed by atoms with van der Waals surface area (Å²) in [6.07, 6.45) is 2.65. The molecule has 0 unspecified atom stereocenters. The number of fused-ring (bicyclic) bond motifs is 1. The summed E-state index contributed by atoms with van der Waals surface area (Å²) in [5.41, 5.74) is 2.42. The van der Waals surface area contributed by atoms with E-state index in [2.05, 4.69) is 6.92 Å². The van der Waals surface area contributed by atoms with E-state index in [4.69, 9.17) is 38.4 Å². The van der Waals surface area contributed by atoms with Crippen molar-refractivity contribution in [3.63, 3.8) is 0 Å². The van der Waals surface area contributed by atoms with Crippen molar-refractivity contribution in [1.82, 2.24) is 0 Å². The van der Waals surface area contributed by atoms with Gasteiger partial charge in [0.15, 0.2) is 0 Å². The molecule has 30 heavy (non-hydrogen) atoms. The Kier molecular flexibility index (Phi) is 6.97. The van der Waals surface area contributed by atoms with Crippen molar-refractivity contribution < 1.29 is 28.6 Å². The SMILES string of the molecule is CCCCCCOC(=O)[C@@]1(F)[C@@H]2C[C@@H](OCc3ccc(Cl)c(Cl)c3)[C@@](N)(C(=O)O)[C@@H]21. The highest BCUT2D eigenvalue weighted by Gasteiger charge is 2.85. The van der Waals surface area contributed by atoms with Crippen molar-refractivity contribution in [2.75, 3.05) is 6.61 Å². The first-order valence-corrected chi connectivity index (χ1v) is 10.9. The van der Waals surface area contributed by atoms with Crippen LogP contribution in [0.1, 0.15) is 44.6 Å². The van der Waals surface area contributed by atoms with Crippen LogP contribution in [-0.4, -0.2) is 41.0 Å². The second-order valence-electron chi connectivity index (χ2n) is 8.07. The Bertz CT molecular complexity index is 825. The topological polar surface area (TPSA) is 98.9 Å². The second-order valence-corrected chi connectivity index (χ2v) is 8.89. The highest BCUT2D eigenvalue weighted by molar-refractivity contribution is 6.42. The molecular weight excluding hydrogens is 436 g/mol. The zero-order valence-electron chi connectivity index (χ0n) is 16.7. The van der Waals surface area contributed by atoms with Crippen LogP contribution < -0.4 is 5.73 Å². The van der Waals surface area contributed by atoms with Gasteiger partial charge in [-0.2, -0.15) is 0 Å². The van der Waals surface area contributed by atoms with Gasteiger partial charge in [-0.1, -0.05) is 55.5 Å². The first-order chi connectivity index (χ1) is 14.2. The molecule has 0 amide bonds. The number of alkyl halides is 1. The standard InChI is InChI=1S/C21H26Cl2FNO5/c1-2-3-4-5-8-29-19(28)20(24)13-10-16(21(25,17(13)20)18(26)27)30-11-12-6-7-14(22)15(23)9-12/h6-7,9,13,16-17H,2-5,8,10-11,25H2,1H3,(H,26,27)/t13-,16-,17+,20-,21+/m1/s1. The molecule has 0 radical (unpaired) electrons. The van der Waals surface area contributed by atoms with Crippen molar-refractivity contribution >= 4 is 35.1 Å². The van der Waals surface area contributed by atoms with E-state index >= 15 is 4.39 Å². The molecule has 0 aromatic heterocycles. The minimum atomic E-state index is -2.37. The summed E-state index contributed by atoms with van der Waals surface area (Å²) in [5, 5.41) is 10.5. The Labute approximate surface area is 184 Å². The summed E-state index contributed by atoms with van der Waals surface area (Å²) in [5.74, 6) is -4.43. The molecule has 0 saturated heterocycles. The molecule has 1 aromatic carbocycles. The van der Waals surface area contributed by atoms with Gasteiger partial charge in [0.25, 0.3) is 0 Å². The van der Waals surface area contributed by atoms with Gasteiger partial charge >= 0.3 is 11.9 Å². The quantitative estimate of drug-likeness (QED) is 0.401. The van der Waals surface area contributed by atoms with Gasteiger partial charge in [-0.05, 0) is 30.5 Å². The molecule has 1 aromatic rings. The summed E-state index contributed by atoms with van der Waals surface area (Å²) in [6, 6.07) is 4.90. The molecule has 0 heterocycles. The molecule has 166 valence electrons. The molecule has 6 nitrogen and oxygen atoms in total. The average molecular weight is 462 g/mol. The third-order valence-corrected chi connectivity index (χ3v) is 6.89. The van der Waals surface area contributed by atoms with Crippen molar-refractivity contribution in [2.24, 2.45) is 17.6 Å². The summed E-state index contributed by atoms with van der Waals surface area (Å²) < 4.78 is 26.2. The molecule has 9 heteroatoms. The fourth-order valence-corrected chi connectivity index (χ4v) is 4.75. The fourth-order valence-electron chi connectivity index (χ4n) is 4.42. The van der Waals surface area contributed by atoms with Crippen LogP contribution in [0, 0.1) is 11.8 Å². The van der Waals surface area contributed by atoms with E-state index < -0.39 is 41.1 Å². The lowest BCUT2D eigenvalue weighted by Crippen LogP contribution is -2.60. The van der Waals surface area contributed by atoms with Crippen LogP contribution in [0.4, 0.5) is 4.39 Å². The molecule has 3 N–H and O–H groups in total. The van der Waals surface area contributed by atoms with E-state index in [9.17, 15) is 14.7 Å². The van der Waals surface area contributed by atoms with Gasteiger partial charge in [0.2, 0.25) is 5.67 Å². The van der Waals surface area contributed by atoms with E-state index in [1.165, 1.54) is 0 Å². The van der Waals surface area contributed by atoms with Gasteiger partial charge in [0.1, 0.15) is 5.54 Å². The second kappa shape index (κ2) is 8.99. The summed E-state index contributed by atoms with van der Waals surface area (Å²) in [6.45, 7) is 2.21. The van der Waals surface area contributed by atoms with Crippen LogP contribution in [0.3, 0.4) is 0 Å². The number of nitrogens with two attached hydrogens (primary N) is 1. The molecule has 3 rings (SSSR count). The van der Waals surface area contributed by atoms with Crippen LogP contribution in [0.15, 0.2) is 18.2 Å². The lowest BCUT2D eigenvalue weighted by Gasteiger charge is -2.32. The number of unbranched alkanes of at least 4 members (excludes halogenated alkanes) is 3. The average Bonchev–Trinajstić information content (AvgIpc) is 3.17. The van der Waals surface area contributed by atoms with Crippen molar-refractivity contribution in [2.45, 2.75) is 62.9 Å². The number of ether oxygens (including phenoxy) is 2. The first-order valence-electron chi connectivity index (χ1n) is 10.1. The number of hydrogen-bond acceptors (Lipinski definition) is 5. The molecule has 2 saturated carbocycles. The van der Waals surface area contributed by atoms with Crippen LogP contribution >= 0.6 is 23.2 Å². The predicted molar refractivity (Wildman–Crippen MR) is 110 cm³/mol. The molecule has 0 aliphatic heterocycles. The normalized spacial score (nSPS) is 32.0. The Morgan fingerprint density at radius 3 is 2.63 bits per heavy atom. The minimum absolute atomic E-state index is 0.0240. The number of hydrogen-bond donors (Lipinski definition) is 2. The van der Waals surface area contributed by atoms with Crippen molar-refractivity contribution in [3.8, 4) is 0 Å². The number of rotatable bonds is 10. The van der Waals surface area contributed by atoms with E-state index in [1.807, 2.05) is 0 Å². The summed E-state index contributed by atoms with van der Waals surface area (Å²) in [4.78, 5) is 24.3. The van der Waals surface area contributed by atoms with Crippen molar-refractivity contribution in [1.29, 1.82) is 0 Å². The van der Waals surface area contributed by atoms with Gasteiger partial charge in [0, 0.05) is 11.8 Å². The Hall–Kier alpha value is -1.41.